The third kappa shape index (κ3) is 1.75. The molecular formula is C16H9AlN2O2. The highest BCUT2D eigenvalue weighted by molar-refractivity contribution is 6.56. The summed E-state index contributed by atoms with van der Waals surface area (Å²) in [6.45, 7) is 0. The fourth-order valence-corrected chi connectivity index (χ4v) is 2.93. The minimum absolute atomic E-state index is 0.0273. The first-order chi connectivity index (χ1) is 10.1. The molecule has 2 aromatic carbocycles. The zero-order valence-corrected chi connectivity index (χ0v) is 12.1. The van der Waals surface area contributed by atoms with Gasteiger partial charge in [-0.05, 0) is 18.2 Å². The molecule has 0 amide bonds. The van der Waals surface area contributed by atoms with Crippen molar-refractivity contribution >= 4 is 48.8 Å². The van der Waals surface area contributed by atoms with E-state index in [1.54, 1.807) is 12.1 Å². The Morgan fingerprint density at radius 3 is 2.76 bits per heavy atom. The highest BCUT2D eigenvalue weighted by Crippen LogP contribution is 2.34. The SMILES string of the molecule is O=C1C(c2c(O)[nH]c3cc[c]([Al])cc23)=Nc2ccccc21. The van der Waals surface area contributed by atoms with Crippen LogP contribution in [-0.4, -0.2) is 37.9 Å². The summed E-state index contributed by atoms with van der Waals surface area (Å²) in [6.07, 6.45) is 0. The maximum atomic E-state index is 12.5. The number of para-hydroxylation sites is 1. The summed E-state index contributed by atoms with van der Waals surface area (Å²) in [6, 6.07) is 12.9. The molecule has 1 aromatic heterocycles. The Kier molecular flexibility index (Phi) is 2.55. The van der Waals surface area contributed by atoms with Crippen LogP contribution in [-0.2, 0) is 0 Å². The Balaban J connectivity index is 1.99. The second-order valence-corrected chi connectivity index (χ2v) is 5.63. The smallest absolute Gasteiger partial charge is 0.214 e. The van der Waals surface area contributed by atoms with Crippen LogP contribution in [0.3, 0.4) is 0 Å². The molecule has 0 aliphatic carbocycles. The molecule has 4 rings (SSSR count). The number of carbonyl (C=O) groups is 1. The van der Waals surface area contributed by atoms with E-state index in [-0.39, 0.29) is 17.4 Å². The van der Waals surface area contributed by atoms with Crippen LogP contribution in [0.5, 0.6) is 5.88 Å². The molecule has 0 spiro atoms. The number of hydrogen-bond donors (Lipinski definition) is 2. The number of H-pyrrole nitrogens is 1. The zero-order valence-electron chi connectivity index (χ0n) is 10.9. The Labute approximate surface area is 128 Å². The molecule has 1 aliphatic heterocycles. The van der Waals surface area contributed by atoms with Crippen molar-refractivity contribution in [2.45, 2.75) is 0 Å². The molecule has 2 radical (unpaired) electrons. The van der Waals surface area contributed by atoms with E-state index < -0.39 is 0 Å². The first-order valence-corrected chi connectivity index (χ1v) is 7.06. The first-order valence-electron chi connectivity index (χ1n) is 6.48. The summed E-state index contributed by atoms with van der Waals surface area (Å²) >= 11 is 2.61. The van der Waals surface area contributed by atoms with Gasteiger partial charge in [0.15, 0.2) is 22.2 Å². The van der Waals surface area contributed by atoms with Crippen LogP contribution in [0.2, 0.25) is 0 Å². The number of nitrogens with zero attached hydrogens (tertiary/aromatic N) is 1. The minimum Gasteiger partial charge on any atom is -0.494 e. The van der Waals surface area contributed by atoms with Crippen LogP contribution in [0.15, 0.2) is 47.5 Å². The molecule has 0 bridgehead atoms. The standard InChI is InChI=1S/C16H9N2O2.Al/c19-15-10-6-2-4-8-12(10)17-14(15)13-9-5-1-3-7-11(9)18-16(13)20;/h2-8,18,20H;. The monoisotopic (exact) mass is 288 g/mol. The molecule has 2 heterocycles. The highest BCUT2D eigenvalue weighted by atomic mass is 27.0. The van der Waals surface area contributed by atoms with Gasteiger partial charge in [-0.25, -0.2) is 4.99 Å². The number of benzene rings is 2. The predicted molar refractivity (Wildman–Crippen MR) is 82.3 cm³/mol. The van der Waals surface area contributed by atoms with Gasteiger partial charge in [-0.1, -0.05) is 24.3 Å². The van der Waals surface area contributed by atoms with E-state index in [1.165, 1.54) is 0 Å². The topological polar surface area (TPSA) is 65.4 Å². The lowest BCUT2D eigenvalue weighted by atomic mass is 10.0. The average molecular weight is 288 g/mol. The van der Waals surface area contributed by atoms with Crippen molar-refractivity contribution in [3.05, 3.63) is 53.6 Å². The molecular weight excluding hydrogens is 279 g/mol. The van der Waals surface area contributed by atoms with Gasteiger partial charge in [0.1, 0.15) is 5.71 Å². The quantitative estimate of drug-likeness (QED) is 0.672. The molecule has 5 heteroatoms. The number of hydrogen-bond acceptors (Lipinski definition) is 3. The average Bonchev–Trinajstić information content (AvgIpc) is 2.96. The third-order valence-electron chi connectivity index (χ3n) is 3.64. The minimum atomic E-state index is -0.157. The lowest BCUT2D eigenvalue weighted by Gasteiger charge is -2.00. The van der Waals surface area contributed by atoms with E-state index in [2.05, 4.69) is 26.3 Å². The van der Waals surface area contributed by atoms with E-state index in [1.807, 2.05) is 30.3 Å². The number of rotatable bonds is 1. The predicted octanol–water partition coefficient (Wildman–Crippen LogP) is 1.98. The lowest BCUT2D eigenvalue weighted by Crippen LogP contribution is -2.11. The van der Waals surface area contributed by atoms with Gasteiger partial charge < -0.3 is 10.1 Å². The summed E-state index contributed by atoms with van der Waals surface area (Å²) < 4.78 is 0.978. The van der Waals surface area contributed by atoms with Gasteiger partial charge >= 0.3 is 0 Å². The summed E-state index contributed by atoms with van der Waals surface area (Å²) in [5, 5.41) is 11.0. The number of Topliss-reactive ketones (excluding diaryl/α,β-unsaturated/α-hetero) is 1. The maximum absolute atomic E-state index is 12.5. The van der Waals surface area contributed by atoms with Gasteiger partial charge in [0, 0.05) is 16.5 Å². The van der Waals surface area contributed by atoms with Gasteiger partial charge in [-0.2, -0.15) is 0 Å². The van der Waals surface area contributed by atoms with Crippen LogP contribution in [0.25, 0.3) is 10.9 Å². The first kappa shape index (κ1) is 12.4. The summed E-state index contributed by atoms with van der Waals surface area (Å²) in [5.41, 5.74) is 2.75. The van der Waals surface area contributed by atoms with Gasteiger partial charge in [0.25, 0.3) is 0 Å². The fourth-order valence-electron chi connectivity index (χ4n) is 2.67. The number of aromatic nitrogens is 1. The van der Waals surface area contributed by atoms with Gasteiger partial charge in [-0.15, -0.1) is 4.43 Å². The number of aliphatic imine (C=N–C) groups is 1. The number of aromatic amines is 1. The molecule has 4 nitrogen and oxygen atoms in total. The van der Waals surface area contributed by atoms with Crippen LogP contribution >= 0.6 is 0 Å². The fraction of sp³-hybridized carbons (Fsp3) is 0. The summed E-state index contributed by atoms with van der Waals surface area (Å²) in [5.74, 6) is -0.184. The molecule has 0 saturated heterocycles. The largest absolute Gasteiger partial charge is 0.494 e. The molecule has 2 N–H and O–H groups in total. The number of nitrogens with one attached hydrogen (secondary N) is 1. The second kappa shape index (κ2) is 4.32. The molecule has 3 aromatic rings. The number of carbonyl (C=O) groups excluding carboxylic acids is 1. The molecule has 0 saturated carbocycles. The molecule has 21 heavy (non-hydrogen) atoms. The van der Waals surface area contributed by atoms with E-state index in [0.717, 1.165) is 15.3 Å². The van der Waals surface area contributed by atoms with Crippen LogP contribution in [0.4, 0.5) is 5.69 Å². The zero-order chi connectivity index (χ0) is 14.6. The van der Waals surface area contributed by atoms with Crippen molar-refractivity contribution in [2.75, 3.05) is 0 Å². The Morgan fingerprint density at radius 1 is 1.14 bits per heavy atom. The number of aromatic hydroxyl groups is 1. The van der Waals surface area contributed by atoms with Crippen LogP contribution in [0, 0.1) is 0 Å². The van der Waals surface area contributed by atoms with Crippen molar-refractivity contribution in [2.24, 2.45) is 4.99 Å². The van der Waals surface area contributed by atoms with E-state index in [0.29, 0.717) is 16.8 Å². The van der Waals surface area contributed by atoms with Crippen LogP contribution in [0.1, 0.15) is 15.9 Å². The Hall–Kier alpha value is -2.35. The second-order valence-electron chi connectivity index (χ2n) is 4.96. The third-order valence-corrected chi connectivity index (χ3v) is 3.99. The Bertz CT molecular complexity index is 941. The summed E-state index contributed by atoms with van der Waals surface area (Å²) in [4.78, 5) is 19.8. The van der Waals surface area contributed by atoms with Gasteiger partial charge in [0.2, 0.25) is 5.78 Å². The van der Waals surface area contributed by atoms with E-state index in [4.69, 9.17) is 0 Å². The molecule has 0 fully saturated rings. The van der Waals surface area contributed by atoms with E-state index >= 15 is 0 Å². The van der Waals surface area contributed by atoms with Crippen molar-refractivity contribution in [3.63, 3.8) is 0 Å². The number of ketones is 1. The van der Waals surface area contributed by atoms with Gasteiger partial charge in [0.05, 0.1) is 11.3 Å². The molecule has 98 valence electrons. The normalized spacial score (nSPS) is 13.5. The van der Waals surface area contributed by atoms with Crippen LogP contribution < -0.4 is 4.43 Å². The summed E-state index contributed by atoms with van der Waals surface area (Å²) in [7, 11) is 0. The van der Waals surface area contributed by atoms with Crippen molar-refractivity contribution in [3.8, 4) is 5.88 Å². The molecule has 0 atom stereocenters. The molecule has 1 aliphatic rings. The Morgan fingerprint density at radius 2 is 1.95 bits per heavy atom. The van der Waals surface area contributed by atoms with Crippen molar-refractivity contribution in [1.82, 2.24) is 4.98 Å². The maximum Gasteiger partial charge on any atom is 0.214 e. The van der Waals surface area contributed by atoms with E-state index in [9.17, 15) is 9.90 Å². The highest BCUT2D eigenvalue weighted by Gasteiger charge is 2.29. The van der Waals surface area contributed by atoms with Crippen molar-refractivity contribution in [1.29, 1.82) is 0 Å². The molecule has 0 unspecified atom stereocenters. The van der Waals surface area contributed by atoms with Crippen molar-refractivity contribution < 1.29 is 9.90 Å². The van der Waals surface area contributed by atoms with Gasteiger partial charge in [-0.3, -0.25) is 4.79 Å². The number of fused-ring (bicyclic) bond motifs is 2. The lowest BCUT2D eigenvalue weighted by molar-refractivity contribution is 0.107.